The Bertz CT molecular complexity index is 231. The average molecular weight is 163 g/mol. The van der Waals surface area contributed by atoms with Crippen LogP contribution in [0.4, 0.5) is 0 Å². The summed E-state index contributed by atoms with van der Waals surface area (Å²) in [4.78, 5) is 4.96. The Kier molecular flexibility index (Phi) is 3.92. The van der Waals surface area contributed by atoms with Crippen LogP contribution >= 0.6 is 0 Å². The van der Waals surface area contributed by atoms with Gasteiger partial charge in [0.25, 0.3) is 0 Å². The maximum atomic E-state index is 4.96. The summed E-state index contributed by atoms with van der Waals surface area (Å²) in [6.45, 7) is 2.74. The first-order valence-corrected chi connectivity index (χ1v) is 4.14. The predicted molar refractivity (Wildman–Crippen MR) is 50.3 cm³/mol. The molecule has 1 aromatic carbocycles. The summed E-state index contributed by atoms with van der Waals surface area (Å²) in [6, 6.07) is 9.89. The average Bonchev–Trinajstić information content (AvgIpc) is 2.14. The lowest BCUT2D eigenvalue weighted by Gasteiger charge is -1.93. The molecule has 0 aromatic heterocycles. The fourth-order valence-electron chi connectivity index (χ4n) is 0.781. The van der Waals surface area contributed by atoms with E-state index in [9.17, 15) is 0 Å². The van der Waals surface area contributed by atoms with Crippen LogP contribution in [0.25, 0.3) is 0 Å². The van der Waals surface area contributed by atoms with Crippen molar-refractivity contribution < 1.29 is 4.84 Å². The smallest absolute Gasteiger partial charge is 0.116 e. The molecule has 0 heterocycles. The first-order valence-electron chi connectivity index (χ1n) is 4.14. The van der Waals surface area contributed by atoms with Crippen molar-refractivity contribution in [2.75, 3.05) is 6.61 Å². The van der Waals surface area contributed by atoms with E-state index in [2.05, 4.69) is 12.1 Å². The molecule has 12 heavy (non-hydrogen) atoms. The van der Waals surface area contributed by atoms with Crippen LogP contribution < -0.4 is 0 Å². The van der Waals surface area contributed by atoms with E-state index in [-0.39, 0.29) is 0 Å². The topological polar surface area (TPSA) is 21.6 Å². The molecule has 0 radical (unpaired) electrons. The lowest BCUT2D eigenvalue weighted by atomic mass is 10.2. The van der Waals surface area contributed by atoms with Crippen molar-refractivity contribution >= 4 is 6.21 Å². The van der Waals surface area contributed by atoms with Crippen molar-refractivity contribution in [3.63, 3.8) is 0 Å². The molecule has 0 aliphatic rings. The molecule has 0 saturated heterocycles. The van der Waals surface area contributed by atoms with E-state index in [0.717, 1.165) is 12.0 Å². The van der Waals surface area contributed by atoms with Crippen LogP contribution in [0.15, 0.2) is 35.5 Å². The van der Waals surface area contributed by atoms with E-state index in [4.69, 9.17) is 4.84 Å². The van der Waals surface area contributed by atoms with Crippen LogP contribution in [0, 0.1) is 0 Å². The van der Waals surface area contributed by atoms with Crippen molar-refractivity contribution in [1.82, 2.24) is 0 Å². The minimum atomic E-state index is 0.684. The molecule has 0 spiro atoms. The standard InChI is InChI=1S/C10H13NO/c1-2-8-12-11-9-10-6-4-3-5-7-10/h3-7,9H,2,8H2,1H3. The molecule has 2 nitrogen and oxygen atoms in total. The Hall–Kier alpha value is -1.31. The summed E-state index contributed by atoms with van der Waals surface area (Å²) in [5, 5.41) is 3.81. The number of oxime groups is 1. The lowest BCUT2D eigenvalue weighted by Crippen LogP contribution is -1.85. The van der Waals surface area contributed by atoms with Gasteiger partial charge in [0.15, 0.2) is 0 Å². The number of benzene rings is 1. The molecule has 0 bridgehead atoms. The second-order valence-corrected chi connectivity index (χ2v) is 2.48. The molecule has 2 heteroatoms. The number of nitrogens with zero attached hydrogens (tertiary/aromatic N) is 1. The van der Waals surface area contributed by atoms with Gasteiger partial charge in [0.1, 0.15) is 6.61 Å². The highest BCUT2D eigenvalue weighted by Gasteiger charge is 1.82. The van der Waals surface area contributed by atoms with Crippen LogP contribution in [0.1, 0.15) is 18.9 Å². The van der Waals surface area contributed by atoms with Gasteiger partial charge in [-0.25, -0.2) is 0 Å². The normalized spacial score (nSPS) is 10.4. The zero-order chi connectivity index (χ0) is 8.65. The Morgan fingerprint density at radius 3 is 2.75 bits per heavy atom. The van der Waals surface area contributed by atoms with Crippen molar-refractivity contribution in [3.8, 4) is 0 Å². The van der Waals surface area contributed by atoms with Gasteiger partial charge in [0.05, 0.1) is 6.21 Å². The lowest BCUT2D eigenvalue weighted by molar-refractivity contribution is 0.146. The molecule has 64 valence electrons. The van der Waals surface area contributed by atoms with Gasteiger partial charge >= 0.3 is 0 Å². The molecular weight excluding hydrogens is 150 g/mol. The summed E-state index contributed by atoms with van der Waals surface area (Å²) in [5.74, 6) is 0. The first-order chi connectivity index (χ1) is 5.93. The van der Waals surface area contributed by atoms with Crippen molar-refractivity contribution in [3.05, 3.63) is 35.9 Å². The third-order valence-electron chi connectivity index (χ3n) is 1.37. The Morgan fingerprint density at radius 2 is 2.08 bits per heavy atom. The molecule has 1 aromatic rings. The van der Waals surface area contributed by atoms with E-state index in [1.807, 2.05) is 30.3 Å². The molecule has 0 amide bonds. The quantitative estimate of drug-likeness (QED) is 0.379. The fraction of sp³-hybridized carbons (Fsp3) is 0.300. The van der Waals surface area contributed by atoms with Gasteiger partial charge in [-0.3, -0.25) is 0 Å². The summed E-state index contributed by atoms with van der Waals surface area (Å²) in [6.07, 6.45) is 2.71. The molecule has 1 rings (SSSR count). The van der Waals surface area contributed by atoms with Crippen LogP contribution in [-0.2, 0) is 4.84 Å². The zero-order valence-electron chi connectivity index (χ0n) is 7.23. The molecule has 0 atom stereocenters. The van der Waals surface area contributed by atoms with Crippen molar-refractivity contribution in [2.45, 2.75) is 13.3 Å². The largest absolute Gasteiger partial charge is 0.396 e. The monoisotopic (exact) mass is 163 g/mol. The van der Waals surface area contributed by atoms with Crippen LogP contribution in [0.5, 0.6) is 0 Å². The summed E-state index contributed by atoms with van der Waals surface area (Å²) in [5.41, 5.74) is 1.06. The fourth-order valence-corrected chi connectivity index (χ4v) is 0.781. The Balaban J connectivity index is 2.36. The summed E-state index contributed by atoms with van der Waals surface area (Å²) >= 11 is 0. The molecule has 0 unspecified atom stereocenters. The van der Waals surface area contributed by atoms with E-state index < -0.39 is 0 Å². The van der Waals surface area contributed by atoms with Gasteiger partial charge in [-0.05, 0) is 12.0 Å². The molecule has 0 aliphatic heterocycles. The molecule has 0 saturated carbocycles. The zero-order valence-corrected chi connectivity index (χ0v) is 7.23. The third-order valence-corrected chi connectivity index (χ3v) is 1.37. The Labute approximate surface area is 72.9 Å². The summed E-state index contributed by atoms with van der Waals surface area (Å²) in [7, 11) is 0. The molecule has 0 fully saturated rings. The predicted octanol–water partition coefficient (Wildman–Crippen LogP) is 2.45. The second-order valence-electron chi connectivity index (χ2n) is 2.48. The molecule has 0 N–H and O–H groups in total. The van der Waals surface area contributed by atoms with Gasteiger partial charge in [0.2, 0.25) is 0 Å². The van der Waals surface area contributed by atoms with Gasteiger partial charge < -0.3 is 4.84 Å². The third kappa shape index (κ3) is 3.19. The number of rotatable bonds is 4. The van der Waals surface area contributed by atoms with Crippen molar-refractivity contribution in [1.29, 1.82) is 0 Å². The van der Waals surface area contributed by atoms with E-state index in [1.165, 1.54) is 0 Å². The van der Waals surface area contributed by atoms with E-state index in [1.54, 1.807) is 6.21 Å². The van der Waals surface area contributed by atoms with Crippen LogP contribution in [0.2, 0.25) is 0 Å². The highest BCUT2D eigenvalue weighted by atomic mass is 16.6. The molecular formula is C10H13NO. The first kappa shape index (κ1) is 8.78. The maximum Gasteiger partial charge on any atom is 0.116 e. The van der Waals surface area contributed by atoms with Gasteiger partial charge in [-0.15, -0.1) is 0 Å². The van der Waals surface area contributed by atoms with Crippen LogP contribution in [-0.4, -0.2) is 12.8 Å². The Morgan fingerprint density at radius 1 is 1.33 bits per heavy atom. The van der Waals surface area contributed by atoms with Gasteiger partial charge in [0, 0.05) is 0 Å². The number of hydrogen-bond acceptors (Lipinski definition) is 2. The molecule has 0 aliphatic carbocycles. The van der Waals surface area contributed by atoms with Crippen molar-refractivity contribution in [2.24, 2.45) is 5.16 Å². The number of hydrogen-bond donors (Lipinski definition) is 0. The van der Waals surface area contributed by atoms with Crippen LogP contribution in [0.3, 0.4) is 0 Å². The highest BCUT2D eigenvalue weighted by molar-refractivity contribution is 5.78. The van der Waals surface area contributed by atoms with Gasteiger partial charge in [-0.2, -0.15) is 0 Å². The van der Waals surface area contributed by atoms with E-state index in [0.29, 0.717) is 6.61 Å². The minimum absolute atomic E-state index is 0.684. The van der Waals surface area contributed by atoms with E-state index >= 15 is 0 Å². The SMILES string of the molecule is CCCON=Cc1ccccc1. The second kappa shape index (κ2) is 5.35. The van der Waals surface area contributed by atoms with Gasteiger partial charge in [-0.1, -0.05) is 42.4 Å². The highest BCUT2D eigenvalue weighted by Crippen LogP contribution is 1.94. The minimum Gasteiger partial charge on any atom is -0.396 e. The summed E-state index contributed by atoms with van der Waals surface area (Å²) < 4.78 is 0. The maximum absolute atomic E-state index is 4.96.